The zero-order chi connectivity index (χ0) is 28.7. The Bertz CT molecular complexity index is 1710. The summed E-state index contributed by atoms with van der Waals surface area (Å²) >= 11 is 6.84. The van der Waals surface area contributed by atoms with E-state index in [0.717, 1.165) is 12.8 Å². The average Bonchev–Trinajstić information content (AvgIpc) is 3.88. The third-order valence-corrected chi connectivity index (χ3v) is 9.38. The highest BCUT2D eigenvalue weighted by molar-refractivity contribution is 7.90. The van der Waals surface area contributed by atoms with Gasteiger partial charge in [-0.05, 0) is 37.8 Å². The Hall–Kier alpha value is -4.18. The topological polar surface area (TPSA) is 184 Å². The highest BCUT2D eigenvalue weighted by Crippen LogP contribution is 2.37. The van der Waals surface area contributed by atoms with Crippen LogP contribution in [-0.4, -0.2) is 82.8 Å². The van der Waals surface area contributed by atoms with Crippen molar-refractivity contribution in [2.45, 2.75) is 37.0 Å². The second kappa shape index (κ2) is 10.7. The van der Waals surface area contributed by atoms with Crippen molar-refractivity contribution in [3.8, 4) is 12.1 Å². The first-order chi connectivity index (χ1) is 19.7. The first-order valence-electron chi connectivity index (χ1n) is 13.2. The molecule has 41 heavy (non-hydrogen) atoms. The number of fused-ring (bicyclic) bond motifs is 1. The predicted molar refractivity (Wildman–Crippen MR) is 150 cm³/mol. The van der Waals surface area contributed by atoms with E-state index < -0.39 is 21.2 Å². The van der Waals surface area contributed by atoms with E-state index in [1.54, 1.807) is 12.1 Å². The minimum atomic E-state index is -3.58. The van der Waals surface area contributed by atoms with E-state index in [9.17, 15) is 23.7 Å². The smallest absolute Gasteiger partial charge is 0.247 e. The second-order valence-electron chi connectivity index (χ2n) is 10.3. The van der Waals surface area contributed by atoms with Gasteiger partial charge in [0.2, 0.25) is 21.9 Å². The van der Waals surface area contributed by atoms with Crippen LogP contribution in [0.15, 0.2) is 18.3 Å². The maximum absolute atomic E-state index is 12.3. The van der Waals surface area contributed by atoms with Crippen molar-refractivity contribution < 1.29 is 13.2 Å². The molecule has 3 N–H and O–H groups in total. The van der Waals surface area contributed by atoms with Crippen LogP contribution in [0.2, 0.25) is 5.02 Å². The number of halogens is 1. The molecule has 1 amide bonds. The average molecular weight is 596 g/mol. The van der Waals surface area contributed by atoms with Gasteiger partial charge in [-0.15, -0.1) is 5.10 Å². The molecule has 2 saturated carbocycles. The maximum atomic E-state index is 12.3. The summed E-state index contributed by atoms with van der Waals surface area (Å²) in [5.74, 6) is 0.130. The zero-order valence-corrected chi connectivity index (χ0v) is 23.4. The lowest BCUT2D eigenvalue weighted by atomic mass is 10.1. The number of anilines is 4. The van der Waals surface area contributed by atoms with Crippen molar-refractivity contribution in [2.75, 3.05) is 48.3 Å². The number of rotatable bonds is 9. The summed E-state index contributed by atoms with van der Waals surface area (Å²) in [5.41, 5.74) is 2.11. The summed E-state index contributed by atoms with van der Waals surface area (Å²) in [4.78, 5) is 25.1. The fraction of sp³-hybridized carbons (Fsp3) is 0.440. The van der Waals surface area contributed by atoms with Gasteiger partial charge < -0.3 is 15.5 Å². The molecular weight excluding hydrogens is 570 g/mol. The lowest BCUT2D eigenvalue weighted by Crippen LogP contribution is -2.50. The van der Waals surface area contributed by atoms with Gasteiger partial charge in [0, 0.05) is 32.2 Å². The van der Waals surface area contributed by atoms with Crippen molar-refractivity contribution >= 4 is 56.3 Å². The first-order valence-corrected chi connectivity index (χ1v) is 15.1. The number of hydrogen-bond donors (Lipinski definition) is 3. The number of nitrogens with one attached hydrogen (secondary N) is 3. The number of sulfonamides is 1. The number of amides is 1. The van der Waals surface area contributed by atoms with Crippen molar-refractivity contribution in [3.05, 3.63) is 34.6 Å². The van der Waals surface area contributed by atoms with Gasteiger partial charge in [-0.2, -0.15) is 20.0 Å². The van der Waals surface area contributed by atoms with Crippen molar-refractivity contribution in [1.29, 1.82) is 10.5 Å². The van der Waals surface area contributed by atoms with Crippen LogP contribution < -0.4 is 20.3 Å². The number of imidazole rings is 1. The monoisotopic (exact) mass is 595 g/mol. The number of nitriles is 2. The molecule has 2 aromatic heterocycles. The fourth-order valence-corrected chi connectivity index (χ4v) is 6.23. The summed E-state index contributed by atoms with van der Waals surface area (Å²) in [6.07, 6.45) is 4.64. The largest absolute Gasteiger partial charge is 0.368 e. The molecule has 3 fully saturated rings. The molecule has 14 nitrogen and oxygen atoms in total. The summed E-state index contributed by atoms with van der Waals surface area (Å²) < 4.78 is 27.7. The van der Waals surface area contributed by atoms with E-state index in [0.29, 0.717) is 72.4 Å². The van der Waals surface area contributed by atoms with Crippen molar-refractivity contribution in [1.82, 2.24) is 29.2 Å². The van der Waals surface area contributed by atoms with Crippen molar-refractivity contribution in [2.24, 2.45) is 0 Å². The molecule has 2 aliphatic carbocycles. The minimum absolute atomic E-state index is 0.0193. The second-order valence-corrected chi connectivity index (χ2v) is 12.7. The van der Waals surface area contributed by atoms with Crippen LogP contribution in [-0.2, 0) is 14.8 Å². The molecule has 0 unspecified atom stereocenters. The number of hydrogen-bond acceptors (Lipinski definition) is 12. The van der Waals surface area contributed by atoms with Gasteiger partial charge in [-0.3, -0.25) is 14.4 Å². The number of carbonyl (C=O) groups is 1. The van der Waals surface area contributed by atoms with Crippen LogP contribution >= 0.6 is 11.6 Å². The van der Waals surface area contributed by atoms with Gasteiger partial charge in [-0.1, -0.05) is 11.6 Å². The summed E-state index contributed by atoms with van der Waals surface area (Å²) in [7, 11) is -3.58. The Labute approximate surface area is 241 Å². The van der Waals surface area contributed by atoms with Gasteiger partial charge in [0.05, 0.1) is 46.0 Å². The standard InChI is InChI=1S/C25H26ClN11O3S/c26-22-19(31-25-32-23(30-16-1-2-16)24-29-13-17(12-28)37(24)33-25)9-15(11-27)10-20(22)36-7-5-35(6-8-36)14-21(38)34-41(39,40)18-3-4-18/h9-10,13,16,18H,1-8,14H2,(H,34,38)(H2,30,31,32,33). The highest BCUT2D eigenvalue weighted by Gasteiger charge is 2.37. The lowest BCUT2D eigenvalue weighted by molar-refractivity contribution is -0.120. The molecule has 212 valence electrons. The van der Waals surface area contributed by atoms with Crippen molar-refractivity contribution in [3.63, 3.8) is 0 Å². The van der Waals surface area contributed by atoms with Crippen LogP contribution in [0.4, 0.5) is 23.1 Å². The molecule has 1 aromatic carbocycles. The Balaban J connectivity index is 1.19. The molecule has 16 heteroatoms. The molecule has 1 aliphatic heterocycles. The molecule has 6 rings (SSSR count). The molecule has 0 bridgehead atoms. The van der Waals surface area contributed by atoms with E-state index in [2.05, 4.69) is 42.6 Å². The van der Waals surface area contributed by atoms with Gasteiger partial charge in [-0.25, -0.2) is 13.4 Å². The number of carbonyl (C=O) groups excluding carboxylic acids is 1. The van der Waals surface area contributed by atoms with Crippen LogP contribution in [0.1, 0.15) is 36.9 Å². The number of aromatic nitrogens is 4. The molecule has 3 heterocycles. The summed E-state index contributed by atoms with van der Waals surface area (Å²) in [5, 5.41) is 30.0. The van der Waals surface area contributed by atoms with Crippen LogP contribution in [0.25, 0.3) is 5.65 Å². The Kier molecular flexibility index (Phi) is 7.03. The predicted octanol–water partition coefficient (Wildman–Crippen LogP) is 1.57. The fourth-order valence-electron chi connectivity index (χ4n) is 4.65. The van der Waals surface area contributed by atoms with Crippen LogP contribution in [0.5, 0.6) is 0 Å². The Morgan fingerprint density at radius 1 is 1.10 bits per heavy atom. The van der Waals surface area contributed by atoms with E-state index in [-0.39, 0.29) is 24.2 Å². The number of benzene rings is 1. The van der Waals surface area contributed by atoms with Gasteiger partial charge in [0.1, 0.15) is 6.07 Å². The zero-order valence-electron chi connectivity index (χ0n) is 21.8. The first kappa shape index (κ1) is 27.0. The molecular formula is C25H26ClN11O3S. The highest BCUT2D eigenvalue weighted by atomic mass is 35.5. The summed E-state index contributed by atoms with van der Waals surface area (Å²) in [6, 6.07) is 7.83. The van der Waals surface area contributed by atoms with Gasteiger partial charge >= 0.3 is 0 Å². The minimum Gasteiger partial charge on any atom is -0.368 e. The van der Waals surface area contributed by atoms with E-state index in [1.807, 2.05) is 9.80 Å². The van der Waals surface area contributed by atoms with Gasteiger partial charge in [0.15, 0.2) is 17.2 Å². The Morgan fingerprint density at radius 3 is 2.51 bits per heavy atom. The molecule has 0 atom stereocenters. The van der Waals surface area contributed by atoms with E-state index in [1.165, 1.54) is 10.7 Å². The van der Waals surface area contributed by atoms with E-state index in [4.69, 9.17) is 11.6 Å². The van der Waals surface area contributed by atoms with Crippen LogP contribution in [0.3, 0.4) is 0 Å². The SMILES string of the molecule is N#Cc1cc(Nc2nc(NC3CC3)c3ncc(C#N)n3n2)c(Cl)c(N2CCN(CC(=O)NS(=O)(=O)C3CC3)CC2)c1. The quantitative estimate of drug-likeness (QED) is 0.325. The normalized spacial score (nSPS) is 17.6. The maximum Gasteiger partial charge on any atom is 0.247 e. The third-order valence-electron chi connectivity index (χ3n) is 7.12. The third kappa shape index (κ3) is 5.83. The molecule has 1 saturated heterocycles. The molecule has 3 aromatic rings. The molecule has 3 aliphatic rings. The lowest BCUT2D eigenvalue weighted by Gasteiger charge is -2.36. The van der Waals surface area contributed by atoms with Gasteiger partial charge in [0.25, 0.3) is 0 Å². The summed E-state index contributed by atoms with van der Waals surface area (Å²) in [6.45, 7) is 2.00. The Morgan fingerprint density at radius 2 is 1.85 bits per heavy atom. The van der Waals surface area contributed by atoms with E-state index >= 15 is 0 Å². The number of piperazine rings is 1. The molecule has 0 spiro atoms. The number of nitrogens with zero attached hydrogens (tertiary/aromatic N) is 8. The van der Waals surface area contributed by atoms with Crippen LogP contribution in [0, 0.1) is 22.7 Å². The molecule has 0 radical (unpaired) electrons.